The van der Waals surface area contributed by atoms with Gasteiger partial charge < -0.3 is 9.88 Å². The molecule has 7 nitrogen and oxygen atoms in total. The van der Waals surface area contributed by atoms with E-state index in [2.05, 4.69) is 34.5 Å². The number of anilines is 1. The highest BCUT2D eigenvalue weighted by atomic mass is 16.2. The molecule has 0 atom stereocenters. The van der Waals surface area contributed by atoms with Crippen LogP contribution in [0.25, 0.3) is 5.69 Å². The van der Waals surface area contributed by atoms with Crippen molar-refractivity contribution in [2.24, 2.45) is 5.92 Å². The summed E-state index contributed by atoms with van der Waals surface area (Å²) >= 11 is 0. The molecule has 3 rings (SSSR count). The van der Waals surface area contributed by atoms with Gasteiger partial charge in [0.15, 0.2) is 5.69 Å². The standard InChI is InChI=1S/C19H24N6O/c1-13(2)9-10-24-11-18(22-23-24)19(26)21-16-5-7-17(8-6-16)25-12-20-14(3)15(25)4/h5-8,11-13H,9-10H2,1-4H3,(H,21,26). The topological polar surface area (TPSA) is 77.6 Å². The lowest BCUT2D eigenvalue weighted by Gasteiger charge is -2.08. The number of nitrogens with one attached hydrogen (secondary N) is 1. The Labute approximate surface area is 153 Å². The summed E-state index contributed by atoms with van der Waals surface area (Å²) in [5.74, 6) is 0.320. The molecule has 1 N–H and O–H groups in total. The average Bonchev–Trinajstić information content (AvgIpc) is 3.22. The van der Waals surface area contributed by atoms with Crippen molar-refractivity contribution >= 4 is 11.6 Å². The Kier molecular flexibility index (Phi) is 5.16. The van der Waals surface area contributed by atoms with Gasteiger partial charge in [-0.2, -0.15) is 0 Å². The van der Waals surface area contributed by atoms with Crippen LogP contribution in [0.5, 0.6) is 0 Å². The van der Waals surface area contributed by atoms with Crippen molar-refractivity contribution in [2.45, 2.75) is 40.7 Å². The van der Waals surface area contributed by atoms with Gasteiger partial charge in [0.2, 0.25) is 0 Å². The third-order valence-corrected chi connectivity index (χ3v) is 4.36. The maximum Gasteiger partial charge on any atom is 0.277 e. The zero-order chi connectivity index (χ0) is 18.7. The average molecular weight is 352 g/mol. The number of aryl methyl sites for hydroxylation is 2. The number of rotatable bonds is 6. The molecule has 136 valence electrons. The molecule has 2 aromatic heterocycles. The highest BCUT2D eigenvalue weighted by Gasteiger charge is 2.12. The predicted molar refractivity (Wildman–Crippen MR) is 100 cm³/mol. The number of carbonyl (C=O) groups excluding carboxylic acids is 1. The fourth-order valence-corrected chi connectivity index (χ4v) is 2.56. The van der Waals surface area contributed by atoms with Crippen LogP contribution in [0.15, 0.2) is 36.8 Å². The molecule has 1 amide bonds. The van der Waals surface area contributed by atoms with Crippen LogP contribution in [0.1, 0.15) is 42.1 Å². The molecule has 0 aliphatic heterocycles. The Bertz CT molecular complexity index is 891. The molecular weight excluding hydrogens is 328 g/mol. The molecule has 0 saturated heterocycles. The van der Waals surface area contributed by atoms with Gasteiger partial charge in [-0.3, -0.25) is 9.48 Å². The molecule has 3 aromatic rings. The number of carbonyl (C=O) groups is 1. The Morgan fingerprint density at radius 1 is 1.19 bits per heavy atom. The first-order valence-electron chi connectivity index (χ1n) is 8.76. The van der Waals surface area contributed by atoms with E-state index in [1.807, 2.05) is 42.7 Å². The van der Waals surface area contributed by atoms with E-state index in [0.29, 0.717) is 17.3 Å². The summed E-state index contributed by atoms with van der Waals surface area (Å²) in [7, 11) is 0. The van der Waals surface area contributed by atoms with E-state index in [0.717, 1.165) is 30.0 Å². The summed E-state index contributed by atoms with van der Waals surface area (Å²) in [5.41, 5.74) is 4.13. The van der Waals surface area contributed by atoms with Gasteiger partial charge in [-0.25, -0.2) is 4.98 Å². The van der Waals surface area contributed by atoms with E-state index in [9.17, 15) is 4.79 Å². The van der Waals surface area contributed by atoms with Crippen LogP contribution in [-0.4, -0.2) is 30.5 Å². The van der Waals surface area contributed by atoms with Crippen LogP contribution in [-0.2, 0) is 6.54 Å². The van der Waals surface area contributed by atoms with Crippen LogP contribution in [0.4, 0.5) is 5.69 Å². The van der Waals surface area contributed by atoms with Crippen LogP contribution in [0.3, 0.4) is 0 Å². The zero-order valence-corrected chi connectivity index (χ0v) is 15.6. The third kappa shape index (κ3) is 3.99. The van der Waals surface area contributed by atoms with Gasteiger partial charge in [0.05, 0.1) is 18.2 Å². The van der Waals surface area contributed by atoms with E-state index in [1.165, 1.54) is 0 Å². The normalized spacial score (nSPS) is 11.1. The molecule has 0 aliphatic rings. The Morgan fingerprint density at radius 3 is 2.54 bits per heavy atom. The van der Waals surface area contributed by atoms with Crippen molar-refractivity contribution in [2.75, 3.05) is 5.32 Å². The maximum absolute atomic E-state index is 12.3. The smallest absolute Gasteiger partial charge is 0.277 e. The molecular formula is C19H24N6O. The van der Waals surface area contributed by atoms with Crippen molar-refractivity contribution < 1.29 is 4.79 Å². The Balaban J connectivity index is 1.65. The van der Waals surface area contributed by atoms with Crippen molar-refractivity contribution in [1.82, 2.24) is 24.5 Å². The van der Waals surface area contributed by atoms with Crippen LogP contribution >= 0.6 is 0 Å². The maximum atomic E-state index is 12.3. The number of nitrogens with zero attached hydrogens (tertiary/aromatic N) is 5. The number of aromatic nitrogens is 5. The van der Waals surface area contributed by atoms with E-state index < -0.39 is 0 Å². The minimum Gasteiger partial charge on any atom is -0.321 e. The van der Waals surface area contributed by atoms with Crippen LogP contribution in [0.2, 0.25) is 0 Å². The van der Waals surface area contributed by atoms with E-state index >= 15 is 0 Å². The third-order valence-electron chi connectivity index (χ3n) is 4.36. The Morgan fingerprint density at radius 2 is 1.92 bits per heavy atom. The van der Waals surface area contributed by atoms with Gasteiger partial charge in [0, 0.05) is 23.6 Å². The van der Waals surface area contributed by atoms with Gasteiger partial charge in [-0.05, 0) is 50.5 Å². The quantitative estimate of drug-likeness (QED) is 0.738. The van der Waals surface area contributed by atoms with Crippen molar-refractivity contribution in [3.8, 4) is 5.69 Å². The second-order valence-electron chi connectivity index (χ2n) is 6.84. The van der Waals surface area contributed by atoms with Gasteiger partial charge >= 0.3 is 0 Å². The van der Waals surface area contributed by atoms with Crippen LogP contribution in [0, 0.1) is 19.8 Å². The molecule has 0 fully saturated rings. The van der Waals surface area contributed by atoms with Crippen molar-refractivity contribution in [1.29, 1.82) is 0 Å². The SMILES string of the molecule is Cc1ncn(-c2ccc(NC(=O)c3cn(CCC(C)C)nn3)cc2)c1C. The molecule has 0 unspecified atom stereocenters. The van der Waals surface area contributed by atoms with E-state index in [4.69, 9.17) is 0 Å². The van der Waals surface area contributed by atoms with Gasteiger partial charge in [0.25, 0.3) is 5.91 Å². The molecule has 0 spiro atoms. The summed E-state index contributed by atoms with van der Waals surface area (Å²) in [4.78, 5) is 16.6. The molecule has 1 aromatic carbocycles. The molecule has 0 aliphatic carbocycles. The summed E-state index contributed by atoms with van der Waals surface area (Å²) in [6.07, 6.45) is 4.48. The van der Waals surface area contributed by atoms with Gasteiger partial charge in [0.1, 0.15) is 0 Å². The first-order chi connectivity index (χ1) is 12.4. The van der Waals surface area contributed by atoms with E-state index in [1.54, 1.807) is 17.2 Å². The number of hydrogen-bond acceptors (Lipinski definition) is 4. The second kappa shape index (κ2) is 7.51. The summed E-state index contributed by atoms with van der Waals surface area (Å²) in [5, 5.41) is 10.8. The molecule has 26 heavy (non-hydrogen) atoms. The highest BCUT2D eigenvalue weighted by molar-refractivity contribution is 6.02. The molecule has 2 heterocycles. The number of hydrogen-bond donors (Lipinski definition) is 1. The lowest BCUT2D eigenvalue weighted by molar-refractivity contribution is 0.102. The zero-order valence-electron chi connectivity index (χ0n) is 15.6. The predicted octanol–water partition coefficient (Wildman–Crippen LogP) is 3.38. The highest BCUT2D eigenvalue weighted by Crippen LogP contribution is 2.17. The summed E-state index contributed by atoms with van der Waals surface area (Å²) in [6.45, 7) is 9.08. The summed E-state index contributed by atoms with van der Waals surface area (Å²) in [6, 6.07) is 7.63. The van der Waals surface area contributed by atoms with Crippen LogP contribution < -0.4 is 5.32 Å². The van der Waals surface area contributed by atoms with E-state index in [-0.39, 0.29) is 5.91 Å². The molecule has 0 bridgehead atoms. The monoisotopic (exact) mass is 352 g/mol. The molecule has 0 saturated carbocycles. The number of imidazole rings is 1. The summed E-state index contributed by atoms with van der Waals surface area (Å²) < 4.78 is 3.73. The van der Waals surface area contributed by atoms with Gasteiger partial charge in [-0.1, -0.05) is 19.1 Å². The van der Waals surface area contributed by atoms with Crippen molar-refractivity contribution in [3.63, 3.8) is 0 Å². The first-order valence-corrected chi connectivity index (χ1v) is 8.76. The lowest BCUT2D eigenvalue weighted by Crippen LogP contribution is -2.12. The largest absolute Gasteiger partial charge is 0.321 e. The second-order valence-corrected chi connectivity index (χ2v) is 6.84. The fraction of sp³-hybridized carbons (Fsp3) is 0.368. The minimum absolute atomic E-state index is 0.261. The van der Waals surface area contributed by atoms with Gasteiger partial charge in [-0.15, -0.1) is 5.10 Å². The van der Waals surface area contributed by atoms with Crippen molar-refractivity contribution in [3.05, 3.63) is 53.9 Å². The number of benzene rings is 1. The lowest BCUT2D eigenvalue weighted by atomic mass is 10.1. The Hall–Kier alpha value is -2.96. The molecule has 0 radical (unpaired) electrons. The first kappa shape index (κ1) is 17.8. The fourth-order valence-electron chi connectivity index (χ4n) is 2.56. The minimum atomic E-state index is -0.261. The number of amides is 1. The molecule has 7 heteroatoms.